The summed E-state index contributed by atoms with van der Waals surface area (Å²) in [4.78, 5) is 11.5. The summed E-state index contributed by atoms with van der Waals surface area (Å²) < 4.78 is 1.08. The molecule has 2 unspecified atom stereocenters. The first-order chi connectivity index (χ1) is 9.99. The van der Waals surface area contributed by atoms with E-state index in [2.05, 4.69) is 46.4 Å². The summed E-state index contributed by atoms with van der Waals surface area (Å²) >= 11 is 3.56. The van der Waals surface area contributed by atoms with E-state index in [1.54, 1.807) is 0 Å². The van der Waals surface area contributed by atoms with Gasteiger partial charge in [-0.25, -0.2) is 0 Å². The minimum atomic E-state index is -0.310. The molecule has 2 rings (SSSR count). The van der Waals surface area contributed by atoms with Crippen molar-refractivity contribution in [1.82, 2.24) is 5.32 Å². The molecule has 21 heavy (non-hydrogen) atoms. The van der Waals surface area contributed by atoms with Gasteiger partial charge in [-0.1, -0.05) is 41.3 Å². The Bertz CT molecular complexity index is 498. The van der Waals surface area contributed by atoms with E-state index in [1.165, 1.54) is 43.2 Å². The number of hydrogen-bond donors (Lipinski definition) is 2. The van der Waals surface area contributed by atoms with Crippen LogP contribution in [0.15, 0.2) is 22.7 Å². The topological polar surface area (TPSA) is 55.1 Å². The van der Waals surface area contributed by atoms with Crippen LogP contribution in [0.1, 0.15) is 56.2 Å². The lowest BCUT2D eigenvalue weighted by Gasteiger charge is -2.34. The standard InChI is InChI=1S/C17H25BrN2O/c1-11-8-9-14(18)10-15(11)16(20-12(2)17(19)21)13-6-4-3-5-7-13/h8-10,12-13,16,20H,3-7H2,1-2H3,(H2,19,21). The highest BCUT2D eigenvalue weighted by Gasteiger charge is 2.28. The van der Waals surface area contributed by atoms with Crippen LogP contribution in [0.2, 0.25) is 0 Å². The third-order valence-electron chi connectivity index (χ3n) is 4.55. The number of carbonyl (C=O) groups is 1. The zero-order chi connectivity index (χ0) is 15.4. The van der Waals surface area contributed by atoms with Crippen LogP contribution >= 0.6 is 15.9 Å². The molecule has 4 heteroatoms. The van der Waals surface area contributed by atoms with Crippen LogP contribution in [-0.2, 0) is 4.79 Å². The molecule has 1 aromatic rings. The van der Waals surface area contributed by atoms with Crippen molar-refractivity contribution in [1.29, 1.82) is 0 Å². The Kier molecular flexibility index (Phi) is 5.82. The molecule has 0 saturated heterocycles. The molecule has 1 aliphatic rings. The molecule has 1 saturated carbocycles. The normalized spacial score (nSPS) is 19.2. The van der Waals surface area contributed by atoms with Crippen LogP contribution < -0.4 is 11.1 Å². The number of carbonyl (C=O) groups excluding carboxylic acids is 1. The third kappa shape index (κ3) is 4.30. The maximum absolute atomic E-state index is 11.5. The lowest BCUT2D eigenvalue weighted by molar-refractivity contribution is -0.119. The van der Waals surface area contributed by atoms with Crippen LogP contribution in [0.5, 0.6) is 0 Å². The highest BCUT2D eigenvalue weighted by atomic mass is 79.9. The van der Waals surface area contributed by atoms with Crippen molar-refractivity contribution in [2.45, 2.75) is 58.0 Å². The molecule has 1 aliphatic carbocycles. The van der Waals surface area contributed by atoms with Gasteiger partial charge < -0.3 is 5.73 Å². The zero-order valence-electron chi connectivity index (χ0n) is 12.9. The van der Waals surface area contributed by atoms with Gasteiger partial charge in [0.2, 0.25) is 5.91 Å². The Labute approximate surface area is 135 Å². The summed E-state index contributed by atoms with van der Waals surface area (Å²) in [6.45, 7) is 3.99. The molecule has 0 aromatic heterocycles. The van der Waals surface area contributed by atoms with Crippen molar-refractivity contribution < 1.29 is 4.79 Å². The predicted molar refractivity (Wildman–Crippen MR) is 90.0 cm³/mol. The first-order valence-corrected chi connectivity index (χ1v) is 8.59. The second kappa shape index (κ2) is 7.41. The van der Waals surface area contributed by atoms with E-state index in [-0.39, 0.29) is 18.0 Å². The SMILES string of the molecule is Cc1ccc(Br)cc1C(NC(C)C(N)=O)C1CCCCC1. The summed E-state index contributed by atoms with van der Waals surface area (Å²) in [5.41, 5.74) is 7.99. The Morgan fingerprint density at radius 1 is 1.33 bits per heavy atom. The van der Waals surface area contributed by atoms with Gasteiger partial charge in [-0.2, -0.15) is 0 Å². The van der Waals surface area contributed by atoms with Gasteiger partial charge in [0.15, 0.2) is 0 Å². The van der Waals surface area contributed by atoms with E-state index in [0.717, 1.165) is 4.47 Å². The highest BCUT2D eigenvalue weighted by molar-refractivity contribution is 9.10. The van der Waals surface area contributed by atoms with Crippen molar-refractivity contribution in [3.8, 4) is 0 Å². The largest absolute Gasteiger partial charge is 0.368 e. The molecular formula is C17H25BrN2O. The number of nitrogens with one attached hydrogen (secondary N) is 1. The monoisotopic (exact) mass is 352 g/mol. The molecule has 1 amide bonds. The number of rotatable bonds is 5. The fourth-order valence-electron chi connectivity index (χ4n) is 3.25. The average molecular weight is 353 g/mol. The summed E-state index contributed by atoms with van der Waals surface area (Å²) in [6, 6.07) is 6.26. The highest BCUT2D eigenvalue weighted by Crippen LogP contribution is 2.36. The lowest BCUT2D eigenvalue weighted by atomic mass is 9.80. The Hall–Kier alpha value is -0.870. The van der Waals surface area contributed by atoms with Crippen LogP contribution in [0, 0.1) is 12.8 Å². The molecule has 0 heterocycles. The van der Waals surface area contributed by atoms with E-state index in [4.69, 9.17) is 5.73 Å². The molecule has 0 radical (unpaired) electrons. The van der Waals surface area contributed by atoms with Gasteiger partial charge in [0, 0.05) is 10.5 Å². The van der Waals surface area contributed by atoms with E-state index in [0.29, 0.717) is 5.92 Å². The van der Waals surface area contributed by atoms with Gasteiger partial charge in [0.1, 0.15) is 0 Å². The fraction of sp³-hybridized carbons (Fsp3) is 0.588. The molecule has 1 aromatic carbocycles. The van der Waals surface area contributed by atoms with Crippen LogP contribution in [-0.4, -0.2) is 11.9 Å². The van der Waals surface area contributed by atoms with Crippen LogP contribution in [0.4, 0.5) is 0 Å². The molecule has 0 spiro atoms. The first-order valence-electron chi connectivity index (χ1n) is 7.80. The predicted octanol–water partition coefficient (Wildman–Crippen LogP) is 3.84. The molecular weight excluding hydrogens is 328 g/mol. The Balaban J connectivity index is 2.29. The molecule has 0 aliphatic heterocycles. The number of hydrogen-bond acceptors (Lipinski definition) is 2. The molecule has 3 nitrogen and oxygen atoms in total. The summed E-state index contributed by atoms with van der Waals surface area (Å²) in [5, 5.41) is 3.48. The van der Waals surface area contributed by atoms with Crippen LogP contribution in [0.3, 0.4) is 0 Å². The van der Waals surface area contributed by atoms with Gasteiger partial charge in [0.05, 0.1) is 6.04 Å². The maximum Gasteiger partial charge on any atom is 0.234 e. The Morgan fingerprint density at radius 2 is 2.00 bits per heavy atom. The van der Waals surface area contributed by atoms with Gasteiger partial charge in [-0.05, 0) is 55.9 Å². The quantitative estimate of drug-likeness (QED) is 0.845. The first kappa shape index (κ1) is 16.5. The fourth-order valence-corrected chi connectivity index (χ4v) is 3.62. The lowest BCUT2D eigenvalue weighted by Crippen LogP contribution is -2.43. The van der Waals surface area contributed by atoms with Gasteiger partial charge in [-0.15, -0.1) is 0 Å². The second-order valence-corrected chi connectivity index (χ2v) is 7.08. The van der Waals surface area contributed by atoms with Crippen LogP contribution in [0.25, 0.3) is 0 Å². The number of amides is 1. The van der Waals surface area contributed by atoms with E-state index in [9.17, 15) is 4.79 Å². The van der Waals surface area contributed by atoms with Crippen molar-refractivity contribution >= 4 is 21.8 Å². The van der Waals surface area contributed by atoms with E-state index < -0.39 is 0 Å². The maximum atomic E-state index is 11.5. The number of benzene rings is 1. The number of halogens is 1. The van der Waals surface area contributed by atoms with Crippen molar-refractivity contribution in [3.63, 3.8) is 0 Å². The van der Waals surface area contributed by atoms with Crippen molar-refractivity contribution in [3.05, 3.63) is 33.8 Å². The molecule has 2 atom stereocenters. The molecule has 3 N–H and O–H groups in total. The van der Waals surface area contributed by atoms with Gasteiger partial charge >= 0.3 is 0 Å². The van der Waals surface area contributed by atoms with Crippen molar-refractivity contribution in [2.75, 3.05) is 0 Å². The molecule has 0 bridgehead atoms. The Morgan fingerprint density at radius 3 is 2.62 bits per heavy atom. The summed E-state index contributed by atoms with van der Waals surface area (Å²) in [6.07, 6.45) is 6.32. The van der Waals surface area contributed by atoms with E-state index in [1.807, 2.05) is 6.92 Å². The minimum absolute atomic E-state index is 0.199. The number of nitrogens with two attached hydrogens (primary N) is 1. The van der Waals surface area contributed by atoms with Crippen molar-refractivity contribution in [2.24, 2.45) is 11.7 Å². The number of aryl methyl sites for hydroxylation is 1. The zero-order valence-corrected chi connectivity index (χ0v) is 14.4. The smallest absolute Gasteiger partial charge is 0.234 e. The third-order valence-corrected chi connectivity index (χ3v) is 5.05. The van der Waals surface area contributed by atoms with Gasteiger partial charge in [-0.3, -0.25) is 10.1 Å². The minimum Gasteiger partial charge on any atom is -0.368 e. The molecule has 1 fully saturated rings. The summed E-state index contributed by atoms with van der Waals surface area (Å²) in [7, 11) is 0. The second-order valence-electron chi connectivity index (χ2n) is 6.17. The summed E-state index contributed by atoms with van der Waals surface area (Å²) in [5.74, 6) is 0.289. The molecule has 116 valence electrons. The van der Waals surface area contributed by atoms with E-state index >= 15 is 0 Å². The number of primary amides is 1. The van der Waals surface area contributed by atoms with Gasteiger partial charge in [0.25, 0.3) is 0 Å². The average Bonchev–Trinajstić information content (AvgIpc) is 2.48.